The second-order valence-corrected chi connectivity index (χ2v) is 5.71. The van der Waals surface area contributed by atoms with Gasteiger partial charge in [0.05, 0.1) is 5.56 Å². The maximum Gasteiger partial charge on any atom is 0.336 e. The van der Waals surface area contributed by atoms with E-state index in [1.807, 2.05) is 60.7 Å². The predicted molar refractivity (Wildman–Crippen MR) is 95.7 cm³/mol. The number of carboxylic acids is 1. The van der Waals surface area contributed by atoms with E-state index in [1.54, 1.807) is 0 Å². The minimum absolute atomic E-state index is 0.0137. The van der Waals surface area contributed by atoms with Gasteiger partial charge in [0.2, 0.25) is 0 Å². The minimum atomic E-state index is -1.11. The Kier molecular flexibility index (Phi) is 3.51. The number of aromatic carboxylic acids is 1. The third kappa shape index (κ3) is 2.54. The molecule has 0 radical (unpaired) electrons. The largest absolute Gasteiger partial charge is 0.508 e. The van der Waals surface area contributed by atoms with Crippen LogP contribution in [0.1, 0.15) is 10.4 Å². The van der Waals surface area contributed by atoms with Gasteiger partial charge >= 0.3 is 5.97 Å². The average molecular weight is 330 g/mol. The number of hydrogen-bond acceptors (Lipinski definition) is 3. The molecule has 0 aliphatic rings. The fourth-order valence-electron chi connectivity index (χ4n) is 3.06. The number of rotatable bonds is 3. The zero-order valence-electron chi connectivity index (χ0n) is 13.1. The molecule has 0 atom stereocenters. The summed E-state index contributed by atoms with van der Waals surface area (Å²) >= 11 is 0. The molecule has 0 saturated carbocycles. The lowest BCUT2D eigenvalue weighted by atomic mass is 9.96. The zero-order valence-corrected chi connectivity index (χ0v) is 13.1. The van der Waals surface area contributed by atoms with Crippen molar-refractivity contribution in [1.82, 2.24) is 0 Å². The van der Waals surface area contributed by atoms with Crippen molar-refractivity contribution in [1.29, 1.82) is 0 Å². The van der Waals surface area contributed by atoms with E-state index in [4.69, 9.17) is 4.42 Å². The fourth-order valence-corrected chi connectivity index (χ4v) is 3.06. The van der Waals surface area contributed by atoms with Gasteiger partial charge in [-0.2, -0.15) is 0 Å². The molecule has 4 nitrogen and oxygen atoms in total. The molecule has 2 N–H and O–H groups in total. The molecular weight excluding hydrogens is 316 g/mol. The number of phenols is 1. The van der Waals surface area contributed by atoms with Crippen LogP contribution in [0.4, 0.5) is 0 Å². The Hall–Kier alpha value is -3.53. The number of carboxylic acid groups (broad SMARTS) is 1. The first-order chi connectivity index (χ1) is 12.1. The average Bonchev–Trinajstić information content (AvgIpc) is 3.01. The topological polar surface area (TPSA) is 70.7 Å². The Morgan fingerprint density at radius 2 is 1.44 bits per heavy atom. The highest BCUT2D eigenvalue weighted by Gasteiger charge is 2.23. The van der Waals surface area contributed by atoms with Gasteiger partial charge in [-0.15, -0.1) is 0 Å². The van der Waals surface area contributed by atoms with Gasteiger partial charge in [0, 0.05) is 22.6 Å². The van der Waals surface area contributed by atoms with E-state index in [9.17, 15) is 15.0 Å². The van der Waals surface area contributed by atoms with E-state index in [1.165, 1.54) is 12.1 Å². The van der Waals surface area contributed by atoms with Crippen molar-refractivity contribution in [2.24, 2.45) is 0 Å². The molecule has 0 amide bonds. The Morgan fingerprint density at radius 3 is 2.04 bits per heavy atom. The highest BCUT2D eigenvalue weighted by molar-refractivity contribution is 6.12. The third-order valence-corrected chi connectivity index (χ3v) is 4.10. The summed E-state index contributed by atoms with van der Waals surface area (Å²) in [6, 6.07) is 21.7. The smallest absolute Gasteiger partial charge is 0.336 e. The summed E-state index contributed by atoms with van der Waals surface area (Å²) in [5.41, 5.74) is 2.76. The molecule has 4 rings (SSSR count). The van der Waals surface area contributed by atoms with Crippen LogP contribution in [0.2, 0.25) is 0 Å². The van der Waals surface area contributed by atoms with Crippen LogP contribution in [-0.2, 0) is 0 Å². The summed E-state index contributed by atoms with van der Waals surface area (Å²) in [6.45, 7) is 0. The number of aromatic hydroxyl groups is 1. The van der Waals surface area contributed by atoms with E-state index in [2.05, 4.69) is 0 Å². The van der Waals surface area contributed by atoms with Gasteiger partial charge in [-0.25, -0.2) is 4.79 Å². The molecule has 0 aliphatic carbocycles. The fraction of sp³-hybridized carbons (Fsp3) is 0. The number of benzene rings is 3. The van der Waals surface area contributed by atoms with Crippen LogP contribution < -0.4 is 0 Å². The number of carbonyl (C=O) groups is 1. The number of phenolic OH excluding ortho intramolecular Hbond substituents is 1. The molecule has 1 heterocycles. The van der Waals surface area contributed by atoms with Crippen LogP contribution in [0, 0.1) is 0 Å². The number of hydrogen-bond donors (Lipinski definition) is 2. The van der Waals surface area contributed by atoms with Gasteiger partial charge in [-0.3, -0.25) is 0 Å². The zero-order chi connectivity index (χ0) is 17.4. The summed E-state index contributed by atoms with van der Waals surface area (Å²) in [5.74, 6) is -0.675. The van der Waals surface area contributed by atoms with Crippen molar-refractivity contribution in [3.63, 3.8) is 0 Å². The second-order valence-electron chi connectivity index (χ2n) is 5.71. The normalized spacial score (nSPS) is 10.9. The predicted octanol–water partition coefficient (Wildman–Crippen LogP) is 5.17. The third-order valence-electron chi connectivity index (χ3n) is 4.10. The van der Waals surface area contributed by atoms with E-state index in [0.29, 0.717) is 22.3 Å². The first-order valence-electron chi connectivity index (χ1n) is 7.79. The van der Waals surface area contributed by atoms with Crippen LogP contribution >= 0.6 is 0 Å². The van der Waals surface area contributed by atoms with E-state index < -0.39 is 5.97 Å². The summed E-state index contributed by atoms with van der Waals surface area (Å²) < 4.78 is 5.99. The van der Waals surface area contributed by atoms with Crippen LogP contribution in [0.5, 0.6) is 5.75 Å². The Morgan fingerprint density at radius 1 is 0.840 bits per heavy atom. The van der Waals surface area contributed by atoms with Gasteiger partial charge in [0.1, 0.15) is 17.1 Å². The van der Waals surface area contributed by atoms with Gasteiger partial charge in [0.25, 0.3) is 0 Å². The highest BCUT2D eigenvalue weighted by atomic mass is 16.4. The lowest BCUT2D eigenvalue weighted by Crippen LogP contribution is -1.97. The van der Waals surface area contributed by atoms with Gasteiger partial charge in [-0.1, -0.05) is 60.7 Å². The van der Waals surface area contributed by atoms with E-state index >= 15 is 0 Å². The molecule has 0 spiro atoms. The molecule has 4 aromatic rings. The molecule has 3 aromatic carbocycles. The Bertz CT molecular complexity index is 1060. The molecule has 0 bridgehead atoms. The quantitative estimate of drug-likeness (QED) is 0.543. The second kappa shape index (κ2) is 5.83. The maximum absolute atomic E-state index is 11.7. The molecule has 1 aromatic heterocycles. The van der Waals surface area contributed by atoms with E-state index in [0.717, 1.165) is 11.1 Å². The van der Waals surface area contributed by atoms with Crippen molar-refractivity contribution in [3.8, 4) is 28.2 Å². The van der Waals surface area contributed by atoms with Crippen molar-refractivity contribution in [2.75, 3.05) is 0 Å². The van der Waals surface area contributed by atoms with Crippen LogP contribution in [0.25, 0.3) is 33.4 Å². The lowest BCUT2D eigenvalue weighted by Gasteiger charge is -2.05. The Labute approximate surface area is 143 Å². The summed E-state index contributed by atoms with van der Waals surface area (Å²) in [6.07, 6.45) is 0. The van der Waals surface area contributed by atoms with E-state index in [-0.39, 0.29) is 11.3 Å². The summed E-state index contributed by atoms with van der Waals surface area (Å²) in [7, 11) is 0. The summed E-state index contributed by atoms with van der Waals surface area (Å²) in [5, 5.41) is 20.0. The van der Waals surface area contributed by atoms with Crippen LogP contribution in [0.15, 0.2) is 77.2 Å². The molecule has 0 aliphatic heterocycles. The molecule has 0 saturated heterocycles. The number of furan rings is 1. The van der Waals surface area contributed by atoms with Crippen LogP contribution in [-0.4, -0.2) is 16.2 Å². The Balaban J connectivity index is 2.16. The van der Waals surface area contributed by atoms with Crippen molar-refractivity contribution < 1.29 is 19.4 Å². The monoisotopic (exact) mass is 330 g/mol. The van der Waals surface area contributed by atoms with Gasteiger partial charge < -0.3 is 14.6 Å². The maximum atomic E-state index is 11.7. The molecular formula is C21H14O4. The van der Waals surface area contributed by atoms with Crippen molar-refractivity contribution >= 4 is 16.9 Å². The van der Waals surface area contributed by atoms with Crippen LogP contribution in [0.3, 0.4) is 0 Å². The first kappa shape index (κ1) is 15.0. The van der Waals surface area contributed by atoms with Gasteiger partial charge in [-0.05, 0) is 11.6 Å². The van der Waals surface area contributed by atoms with Gasteiger partial charge in [0.15, 0.2) is 0 Å². The molecule has 0 fully saturated rings. The number of fused-ring (bicyclic) bond motifs is 1. The van der Waals surface area contributed by atoms with Crippen molar-refractivity contribution in [2.45, 2.75) is 0 Å². The standard InChI is InChI=1S/C21H14O4/c22-15-11-16(21(23)24)19-17(12-15)25-20(14-9-5-2-6-10-14)18(19)13-7-3-1-4-8-13/h1-12,22H,(H,23,24). The minimum Gasteiger partial charge on any atom is -0.508 e. The molecule has 122 valence electrons. The molecule has 4 heteroatoms. The van der Waals surface area contributed by atoms with Crippen molar-refractivity contribution in [3.05, 3.63) is 78.4 Å². The molecule has 25 heavy (non-hydrogen) atoms. The molecule has 0 unspecified atom stereocenters. The highest BCUT2D eigenvalue weighted by Crippen LogP contribution is 2.43. The first-order valence-corrected chi connectivity index (χ1v) is 7.79. The summed E-state index contributed by atoms with van der Waals surface area (Å²) in [4.78, 5) is 11.7. The SMILES string of the molecule is O=C(O)c1cc(O)cc2oc(-c3ccccc3)c(-c3ccccc3)c12. The lowest BCUT2D eigenvalue weighted by molar-refractivity contribution is 0.0698.